The summed E-state index contributed by atoms with van der Waals surface area (Å²) in [5.41, 5.74) is 0.676. The molecule has 1 aromatic heterocycles. The molecule has 0 saturated heterocycles. The van der Waals surface area contributed by atoms with Crippen molar-refractivity contribution >= 4 is 32.6 Å². The van der Waals surface area contributed by atoms with Gasteiger partial charge in [-0.05, 0) is 60.5 Å². The Morgan fingerprint density at radius 3 is 2.07 bits per heavy atom. The van der Waals surface area contributed by atoms with E-state index in [1.807, 2.05) is 0 Å². The molecule has 5 aromatic rings. The maximum absolute atomic E-state index is 15.4. The van der Waals surface area contributed by atoms with Crippen LogP contribution >= 0.6 is 11.6 Å². The van der Waals surface area contributed by atoms with E-state index in [1.165, 1.54) is 19.2 Å². The topological polar surface area (TPSA) is 74.6 Å². The van der Waals surface area contributed by atoms with E-state index in [0.717, 1.165) is 34.9 Å². The minimum atomic E-state index is -5.16. The van der Waals surface area contributed by atoms with Gasteiger partial charge in [0.15, 0.2) is 0 Å². The lowest BCUT2D eigenvalue weighted by Crippen LogP contribution is -2.19. The Morgan fingerprint density at radius 1 is 0.791 bits per heavy atom. The molecule has 6 nitrogen and oxygen atoms in total. The molecule has 0 radical (unpaired) electrons. The number of nitrogens with zero attached hydrogens (tertiary/aromatic N) is 1. The molecule has 1 heterocycles. The molecule has 43 heavy (non-hydrogen) atoms. The predicted octanol–water partition coefficient (Wildman–Crippen LogP) is 7.23. The Bertz CT molecular complexity index is 2110. The Balaban J connectivity index is 1.62. The van der Waals surface area contributed by atoms with Gasteiger partial charge in [0.05, 0.1) is 18.3 Å². The third-order valence-corrected chi connectivity index (χ3v) is 8.14. The predicted molar refractivity (Wildman–Crippen MR) is 145 cm³/mol. The molecule has 0 aliphatic carbocycles. The summed E-state index contributed by atoms with van der Waals surface area (Å²) < 4.78 is 120. The largest absolute Gasteiger partial charge is 0.495 e. The fourth-order valence-electron chi connectivity index (χ4n) is 4.36. The van der Waals surface area contributed by atoms with E-state index in [9.17, 15) is 35.2 Å². The minimum Gasteiger partial charge on any atom is -0.495 e. The van der Waals surface area contributed by atoms with Crippen molar-refractivity contribution in [1.29, 1.82) is 0 Å². The van der Waals surface area contributed by atoms with Crippen LogP contribution in [0, 0.1) is 41.8 Å². The van der Waals surface area contributed by atoms with Crippen molar-refractivity contribution in [2.24, 2.45) is 0 Å². The van der Waals surface area contributed by atoms with Crippen LogP contribution in [-0.4, -0.2) is 20.1 Å². The third kappa shape index (κ3) is 5.19. The number of aryl methyl sites for hydroxylation is 1. The van der Waals surface area contributed by atoms with Gasteiger partial charge in [0, 0.05) is 28.1 Å². The van der Waals surface area contributed by atoms with E-state index in [0.29, 0.717) is 16.1 Å². The lowest BCUT2D eigenvalue weighted by atomic mass is 10.0. The quantitative estimate of drug-likeness (QED) is 0.0848. The zero-order chi connectivity index (χ0) is 31.4. The average molecular weight is 640 g/mol. The van der Waals surface area contributed by atoms with Crippen LogP contribution in [0.3, 0.4) is 0 Å². The summed E-state index contributed by atoms with van der Waals surface area (Å²) in [7, 11) is -3.87. The lowest BCUT2D eigenvalue weighted by molar-refractivity contribution is 0.346. The number of ether oxygens (including phenoxy) is 1. The van der Waals surface area contributed by atoms with Gasteiger partial charge in [-0.2, -0.15) is 17.2 Å². The van der Waals surface area contributed by atoms with Crippen molar-refractivity contribution in [3.63, 3.8) is 0 Å². The number of rotatable bonds is 6. The maximum Gasteiger partial charge on any atom is 0.339 e. The van der Waals surface area contributed by atoms with Gasteiger partial charge in [-0.25, -0.2) is 17.6 Å². The van der Waals surface area contributed by atoms with Gasteiger partial charge in [0.25, 0.3) is 5.56 Å². The second-order valence-electron chi connectivity index (χ2n) is 9.13. The lowest BCUT2D eigenvalue weighted by Gasteiger charge is -2.17. The van der Waals surface area contributed by atoms with Crippen LogP contribution in [0.5, 0.6) is 11.5 Å². The van der Waals surface area contributed by atoms with Crippen LogP contribution in [-0.2, 0) is 10.1 Å². The van der Waals surface area contributed by atoms with Gasteiger partial charge in [-0.1, -0.05) is 17.7 Å². The highest BCUT2D eigenvalue weighted by Crippen LogP contribution is 2.36. The zero-order valence-electron chi connectivity index (χ0n) is 21.8. The van der Waals surface area contributed by atoms with Crippen molar-refractivity contribution < 1.29 is 43.7 Å². The molecule has 0 amide bonds. The Labute approximate surface area is 244 Å². The Morgan fingerprint density at radius 2 is 1.44 bits per heavy atom. The first kappa shape index (κ1) is 30.0. The molecule has 14 heteroatoms. The van der Waals surface area contributed by atoms with E-state index in [-0.39, 0.29) is 27.9 Å². The number of aromatic nitrogens is 1. The summed E-state index contributed by atoms with van der Waals surface area (Å²) in [6.45, 7) is 1.74. The van der Waals surface area contributed by atoms with Crippen LogP contribution in [0.15, 0.2) is 70.4 Å². The van der Waals surface area contributed by atoms with E-state index < -0.39 is 61.2 Å². The molecule has 0 fully saturated rings. The van der Waals surface area contributed by atoms with Gasteiger partial charge < -0.3 is 8.92 Å². The standard InChI is InChI=1S/C29H16ClF6NO5S/c1-13-9-14(3-6-18(13)30)17-11-22(41-2)21(12-19(17)31)37-20-7-5-16(10-15(20)4-8-23(37)38)43(39,40)42-29-27(35)25(33)24(32)26(34)28(29)36/h3-12H,1-2H3. The van der Waals surface area contributed by atoms with Crippen LogP contribution in [0.4, 0.5) is 26.3 Å². The van der Waals surface area contributed by atoms with Crippen molar-refractivity contribution in [1.82, 2.24) is 4.57 Å². The van der Waals surface area contributed by atoms with Gasteiger partial charge in [0.2, 0.25) is 34.8 Å². The highest BCUT2D eigenvalue weighted by molar-refractivity contribution is 7.87. The summed E-state index contributed by atoms with van der Waals surface area (Å²) in [6.07, 6.45) is 0. The Kier molecular flexibility index (Phi) is 7.65. The van der Waals surface area contributed by atoms with Crippen LogP contribution < -0.4 is 14.5 Å². The molecule has 5 rings (SSSR count). The number of methoxy groups -OCH3 is 1. The molecular formula is C29H16ClF6NO5S. The Hall–Kier alpha value is -4.49. The summed E-state index contributed by atoms with van der Waals surface area (Å²) in [5, 5.41) is 0.524. The normalized spacial score (nSPS) is 11.7. The first-order valence-corrected chi connectivity index (χ1v) is 13.8. The summed E-state index contributed by atoms with van der Waals surface area (Å²) in [5.74, 6) is -14.9. The summed E-state index contributed by atoms with van der Waals surface area (Å²) in [6, 6.07) is 12.4. The van der Waals surface area contributed by atoms with Crippen molar-refractivity contribution in [3.8, 4) is 28.3 Å². The third-order valence-electron chi connectivity index (χ3n) is 6.50. The highest BCUT2D eigenvalue weighted by Gasteiger charge is 2.31. The van der Waals surface area contributed by atoms with Gasteiger partial charge in [0.1, 0.15) is 16.5 Å². The smallest absolute Gasteiger partial charge is 0.339 e. The van der Waals surface area contributed by atoms with E-state index >= 15 is 4.39 Å². The summed E-state index contributed by atoms with van der Waals surface area (Å²) in [4.78, 5) is 12.2. The molecule has 0 unspecified atom stereocenters. The monoisotopic (exact) mass is 639 g/mol. The molecule has 0 N–H and O–H groups in total. The number of benzene rings is 4. The highest BCUT2D eigenvalue weighted by atomic mass is 35.5. The number of hydrogen-bond acceptors (Lipinski definition) is 5. The number of pyridine rings is 1. The fourth-order valence-corrected chi connectivity index (χ4v) is 5.44. The average Bonchev–Trinajstić information content (AvgIpc) is 2.98. The second-order valence-corrected chi connectivity index (χ2v) is 11.1. The van der Waals surface area contributed by atoms with E-state index in [1.54, 1.807) is 25.1 Å². The fraction of sp³-hybridized carbons (Fsp3) is 0.0690. The molecule has 222 valence electrons. The molecule has 0 bridgehead atoms. The number of halogens is 7. The molecule has 0 aliphatic rings. The second kappa shape index (κ2) is 11.0. The van der Waals surface area contributed by atoms with Crippen molar-refractivity contribution in [3.05, 3.63) is 117 Å². The number of fused-ring (bicyclic) bond motifs is 1. The molecule has 0 aliphatic heterocycles. The van der Waals surface area contributed by atoms with Gasteiger partial charge in [-0.15, -0.1) is 0 Å². The van der Waals surface area contributed by atoms with Gasteiger partial charge >= 0.3 is 10.1 Å². The molecule has 4 aromatic carbocycles. The first-order valence-electron chi connectivity index (χ1n) is 12.0. The minimum absolute atomic E-state index is 0.0431. The van der Waals surface area contributed by atoms with Crippen molar-refractivity contribution in [2.75, 3.05) is 7.11 Å². The van der Waals surface area contributed by atoms with Crippen LogP contribution in [0.25, 0.3) is 27.7 Å². The zero-order valence-corrected chi connectivity index (χ0v) is 23.4. The van der Waals surface area contributed by atoms with Crippen LogP contribution in [0.2, 0.25) is 5.02 Å². The van der Waals surface area contributed by atoms with Gasteiger partial charge in [-0.3, -0.25) is 9.36 Å². The van der Waals surface area contributed by atoms with Crippen LogP contribution in [0.1, 0.15) is 5.56 Å². The molecule has 0 saturated carbocycles. The van der Waals surface area contributed by atoms with E-state index in [4.69, 9.17) is 16.3 Å². The number of hydrogen-bond donors (Lipinski definition) is 0. The SMILES string of the molecule is COc1cc(-c2ccc(Cl)c(C)c2)c(F)cc1-n1c(=O)ccc2cc(S(=O)(=O)Oc3c(F)c(F)c(F)c(F)c3F)ccc21. The molecular weight excluding hydrogens is 624 g/mol. The molecule has 0 spiro atoms. The first-order chi connectivity index (χ1) is 20.2. The molecule has 0 atom stereocenters. The van der Waals surface area contributed by atoms with Crippen molar-refractivity contribution in [2.45, 2.75) is 11.8 Å². The maximum atomic E-state index is 15.4. The van der Waals surface area contributed by atoms with E-state index in [2.05, 4.69) is 4.18 Å². The summed E-state index contributed by atoms with van der Waals surface area (Å²) >= 11 is 6.08.